The van der Waals surface area contributed by atoms with E-state index in [4.69, 9.17) is 27.9 Å². The van der Waals surface area contributed by atoms with Gasteiger partial charge in [-0.05, 0) is 24.3 Å². The van der Waals surface area contributed by atoms with Crippen molar-refractivity contribution in [2.45, 2.75) is 6.73 Å². The van der Waals surface area contributed by atoms with Crippen molar-refractivity contribution in [3.63, 3.8) is 0 Å². The molecule has 0 saturated carbocycles. The predicted molar refractivity (Wildman–Crippen MR) is 70.7 cm³/mol. The Kier molecular flexibility index (Phi) is 4.29. The van der Waals surface area contributed by atoms with E-state index in [0.717, 1.165) is 0 Å². The lowest BCUT2D eigenvalue weighted by Crippen LogP contribution is -2.08. The lowest BCUT2D eigenvalue weighted by Gasteiger charge is -2.07. The van der Waals surface area contributed by atoms with Gasteiger partial charge in [-0.1, -0.05) is 23.2 Å². The zero-order valence-corrected chi connectivity index (χ0v) is 11.5. The van der Waals surface area contributed by atoms with E-state index in [9.17, 15) is 4.79 Å². The second-order valence-corrected chi connectivity index (χ2v) is 4.42. The maximum atomic E-state index is 11.2. The Bertz CT molecular complexity index is 598. The maximum Gasteiger partial charge on any atom is 0.358 e. The molecular formula is C12H10Cl2N2O3. The molecule has 5 nitrogen and oxygen atoms in total. The van der Waals surface area contributed by atoms with Crippen LogP contribution in [0, 0.1) is 0 Å². The molecule has 1 aromatic carbocycles. The molecular weight excluding hydrogens is 291 g/mol. The van der Waals surface area contributed by atoms with E-state index in [1.165, 1.54) is 11.8 Å². The van der Waals surface area contributed by atoms with Crippen LogP contribution in [0.1, 0.15) is 10.5 Å². The number of nitrogens with zero attached hydrogens (tertiary/aromatic N) is 2. The SMILES string of the molecule is COC(=O)c1ccn(COc2ccc(Cl)cc2Cl)n1. The first kappa shape index (κ1) is 13.7. The summed E-state index contributed by atoms with van der Waals surface area (Å²) in [6, 6.07) is 6.46. The number of ether oxygens (including phenoxy) is 2. The van der Waals surface area contributed by atoms with E-state index in [1.54, 1.807) is 30.5 Å². The van der Waals surface area contributed by atoms with E-state index in [0.29, 0.717) is 15.8 Å². The summed E-state index contributed by atoms with van der Waals surface area (Å²) >= 11 is 11.7. The maximum absolute atomic E-state index is 11.2. The highest BCUT2D eigenvalue weighted by Gasteiger charge is 2.09. The van der Waals surface area contributed by atoms with E-state index in [2.05, 4.69) is 9.84 Å². The molecule has 2 aromatic rings. The van der Waals surface area contributed by atoms with Crippen molar-refractivity contribution in [3.05, 3.63) is 46.2 Å². The van der Waals surface area contributed by atoms with Gasteiger partial charge in [-0.2, -0.15) is 5.10 Å². The minimum atomic E-state index is -0.497. The summed E-state index contributed by atoms with van der Waals surface area (Å²) in [5.41, 5.74) is 0.216. The number of aromatic nitrogens is 2. The lowest BCUT2D eigenvalue weighted by molar-refractivity contribution is 0.0592. The van der Waals surface area contributed by atoms with Crippen LogP contribution in [0.25, 0.3) is 0 Å². The normalized spacial score (nSPS) is 10.3. The minimum Gasteiger partial charge on any atom is -0.470 e. The van der Waals surface area contributed by atoms with Gasteiger partial charge < -0.3 is 9.47 Å². The molecule has 0 atom stereocenters. The minimum absolute atomic E-state index is 0.123. The average Bonchev–Trinajstić information content (AvgIpc) is 2.85. The Morgan fingerprint density at radius 2 is 2.16 bits per heavy atom. The third-order valence-electron chi connectivity index (χ3n) is 2.28. The number of benzene rings is 1. The fourth-order valence-electron chi connectivity index (χ4n) is 1.37. The number of hydrogen-bond acceptors (Lipinski definition) is 4. The van der Waals surface area contributed by atoms with Gasteiger partial charge in [0.15, 0.2) is 12.4 Å². The molecule has 0 radical (unpaired) electrons. The highest BCUT2D eigenvalue weighted by molar-refractivity contribution is 6.35. The van der Waals surface area contributed by atoms with Gasteiger partial charge in [0, 0.05) is 11.2 Å². The van der Waals surface area contributed by atoms with Gasteiger partial charge in [0.25, 0.3) is 0 Å². The number of esters is 1. The summed E-state index contributed by atoms with van der Waals surface area (Å²) in [4.78, 5) is 11.2. The summed E-state index contributed by atoms with van der Waals surface area (Å²) in [6.45, 7) is 0.123. The van der Waals surface area contributed by atoms with Gasteiger partial charge in [-0.3, -0.25) is 0 Å². The molecule has 100 valence electrons. The van der Waals surface area contributed by atoms with Gasteiger partial charge in [-0.15, -0.1) is 0 Å². The van der Waals surface area contributed by atoms with Crippen molar-refractivity contribution in [1.29, 1.82) is 0 Å². The Morgan fingerprint density at radius 3 is 2.84 bits per heavy atom. The standard InChI is InChI=1S/C12H10Cl2N2O3/c1-18-12(17)10-4-5-16(15-10)7-19-11-3-2-8(13)6-9(11)14/h2-6H,7H2,1H3. The molecule has 0 aliphatic heterocycles. The smallest absolute Gasteiger partial charge is 0.358 e. The van der Waals surface area contributed by atoms with Gasteiger partial charge in [0.2, 0.25) is 0 Å². The Hall–Kier alpha value is -1.72. The van der Waals surface area contributed by atoms with Gasteiger partial charge in [0.1, 0.15) is 5.75 Å². The molecule has 7 heteroatoms. The van der Waals surface area contributed by atoms with Crippen molar-refractivity contribution < 1.29 is 14.3 Å². The summed E-state index contributed by atoms with van der Waals surface area (Å²) in [6.07, 6.45) is 1.61. The van der Waals surface area contributed by atoms with E-state index in [-0.39, 0.29) is 12.4 Å². The fourth-order valence-corrected chi connectivity index (χ4v) is 1.84. The molecule has 0 saturated heterocycles. The van der Waals surface area contributed by atoms with E-state index >= 15 is 0 Å². The van der Waals surface area contributed by atoms with E-state index < -0.39 is 5.97 Å². The fraction of sp³-hybridized carbons (Fsp3) is 0.167. The average molecular weight is 301 g/mol. The highest BCUT2D eigenvalue weighted by atomic mass is 35.5. The number of methoxy groups -OCH3 is 1. The van der Waals surface area contributed by atoms with Crippen LogP contribution in [0.4, 0.5) is 0 Å². The van der Waals surface area contributed by atoms with Crippen molar-refractivity contribution >= 4 is 29.2 Å². The summed E-state index contributed by atoms with van der Waals surface area (Å²) in [5.74, 6) is -0.00976. The molecule has 0 bridgehead atoms. The van der Waals surface area contributed by atoms with Crippen LogP contribution in [0.5, 0.6) is 5.75 Å². The number of hydrogen-bond donors (Lipinski definition) is 0. The molecule has 0 aliphatic rings. The van der Waals surface area contributed by atoms with Crippen LogP contribution in [0.2, 0.25) is 10.0 Å². The number of halogens is 2. The monoisotopic (exact) mass is 300 g/mol. The molecule has 19 heavy (non-hydrogen) atoms. The lowest BCUT2D eigenvalue weighted by atomic mass is 10.3. The third kappa shape index (κ3) is 3.39. The van der Waals surface area contributed by atoms with Crippen LogP contribution >= 0.6 is 23.2 Å². The second kappa shape index (κ2) is 5.95. The molecule has 0 unspecified atom stereocenters. The Balaban J connectivity index is 2.02. The molecule has 0 N–H and O–H groups in total. The van der Waals surface area contributed by atoms with Gasteiger partial charge >= 0.3 is 5.97 Å². The predicted octanol–water partition coefficient (Wildman–Crippen LogP) is 3.01. The van der Waals surface area contributed by atoms with Crippen LogP contribution in [0.3, 0.4) is 0 Å². The zero-order chi connectivity index (χ0) is 13.8. The number of rotatable bonds is 4. The van der Waals surface area contributed by atoms with Crippen LogP contribution in [-0.2, 0) is 11.5 Å². The molecule has 0 aliphatic carbocycles. The highest BCUT2D eigenvalue weighted by Crippen LogP contribution is 2.27. The molecule has 1 heterocycles. The third-order valence-corrected chi connectivity index (χ3v) is 2.81. The van der Waals surface area contributed by atoms with Crippen molar-refractivity contribution in [3.8, 4) is 5.75 Å². The van der Waals surface area contributed by atoms with Gasteiger partial charge in [-0.25, -0.2) is 9.48 Å². The van der Waals surface area contributed by atoms with Crippen molar-refractivity contribution in [2.75, 3.05) is 7.11 Å². The number of carbonyl (C=O) groups is 1. The first-order valence-corrected chi connectivity index (χ1v) is 6.05. The van der Waals surface area contributed by atoms with E-state index in [1.807, 2.05) is 0 Å². The van der Waals surface area contributed by atoms with Gasteiger partial charge in [0.05, 0.1) is 12.1 Å². The van der Waals surface area contributed by atoms with Crippen molar-refractivity contribution in [1.82, 2.24) is 9.78 Å². The first-order chi connectivity index (χ1) is 9.10. The van der Waals surface area contributed by atoms with Crippen molar-refractivity contribution in [2.24, 2.45) is 0 Å². The summed E-state index contributed by atoms with van der Waals surface area (Å²) in [5, 5.41) is 4.93. The molecule has 2 rings (SSSR count). The van der Waals surface area contributed by atoms with Crippen LogP contribution in [-0.4, -0.2) is 22.9 Å². The summed E-state index contributed by atoms with van der Waals surface area (Å²) in [7, 11) is 1.30. The Labute approximate surface area is 119 Å². The Morgan fingerprint density at radius 1 is 1.37 bits per heavy atom. The second-order valence-electron chi connectivity index (χ2n) is 3.58. The topological polar surface area (TPSA) is 53.4 Å². The van der Waals surface area contributed by atoms with Crippen LogP contribution in [0.15, 0.2) is 30.5 Å². The molecule has 0 spiro atoms. The molecule has 0 fully saturated rings. The zero-order valence-electron chi connectivity index (χ0n) is 9.97. The quantitative estimate of drug-likeness (QED) is 0.815. The molecule has 1 aromatic heterocycles. The summed E-state index contributed by atoms with van der Waals surface area (Å²) < 4.78 is 11.5. The number of carbonyl (C=O) groups excluding carboxylic acids is 1. The first-order valence-electron chi connectivity index (χ1n) is 5.30. The largest absolute Gasteiger partial charge is 0.470 e. The molecule has 0 amide bonds. The van der Waals surface area contributed by atoms with Crippen LogP contribution < -0.4 is 4.74 Å².